The minimum Gasteiger partial charge on any atom is -0.502 e. The molecule has 0 radical (unpaired) electrons. The Labute approximate surface area is 152 Å². The number of carbonyl (C=O) groups is 1. The zero-order valence-electron chi connectivity index (χ0n) is 13.5. The summed E-state index contributed by atoms with van der Waals surface area (Å²) in [6.45, 7) is 2.11. The van der Waals surface area contributed by atoms with Crippen molar-refractivity contribution < 1.29 is 14.6 Å². The van der Waals surface area contributed by atoms with E-state index in [-0.39, 0.29) is 18.7 Å². The van der Waals surface area contributed by atoms with Crippen molar-refractivity contribution in [2.24, 2.45) is 0 Å². The van der Waals surface area contributed by atoms with Gasteiger partial charge < -0.3 is 14.4 Å². The van der Waals surface area contributed by atoms with E-state index in [1.807, 2.05) is 30.3 Å². The topological polar surface area (TPSA) is 68.5 Å². The van der Waals surface area contributed by atoms with Crippen molar-refractivity contribution in [3.05, 3.63) is 74.5 Å². The predicted octanol–water partition coefficient (Wildman–Crippen LogP) is 3.69. The minimum atomic E-state index is -0.716. The Morgan fingerprint density at radius 1 is 1.20 bits per heavy atom. The maximum Gasteiger partial charge on any atom is 0.342 e. The molecule has 0 bridgehead atoms. The first-order valence-corrected chi connectivity index (χ1v) is 8.58. The number of hydrogen-bond donors (Lipinski definition) is 1. The third-order valence-corrected chi connectivity index (χ3v) is 4.36. The maximum absolute atomic E-state index is 12.7. The summed E-state index contributed by atoms with van der Waals surface area (Å²) < 4.78 is 7.19. The fourth-order valence-electron chi connectivity index (χ4n) is 2.75. The first-order chi connectivity index (χ1) is 12.0. The Balaban J connectivity index is 2.29. The largest absolute Gasteiger partial charge is 0.502 e. The van der Waals surface area contributed by atoms with Gasteiger partial charge in [0.25, 0.3) is 5.56 Å². The van der Waals surface area contributed by atoms with Gasteiger partial charge in [-0.25, -0.2) is 4.79 Å². The van der Waals surface area contributed by atoms with E-state index in [4.69, 9.17) is 4.74 Å². The van der Waals surface area contributed by atoms with Crippen LogP contribution in [0, 0.1) is 0 Å². The van der Waals surface area contributed by atoms with Crippen LogP contribution in [0.4, 0.5) is 0 Å². The first-order valence-electron chi connectivity index (χ1n) is 7.79. The molecule has 0 atom stereocenters. The average Bonchev–Trinajstić information content (AvgIpc) is 2.60. The molecule has 0 saturated carbocycles. The number of halogens is 1. The highest BCUT2D eigenvalue weighted by molar-refractivity contribution is 9.10. The van der Waals surface area contributed by atoms with Crippen LogP contribution in [0.2, 0.25) is 0 Å². The number of aromatic hydroxyl groups is 1. The van der Waals surface area contributed by atoms with Crippen molar-refractivity contribution in [3.8, 4) is 5.75 Å². The molecular formula is C19H16BrNO4. The van der Waals surface area contributed by atoms with E-state index in [0.717, 1.165) is 10.0 Å². The lowest BCUT2D eigenvalue weighted by molar-refractivity contribution is 0.0525. The van der Waals surface area contributed by atoms with E-state index in [1.54, 1.807) is 25.1 Å². The van der Waals surface area contributed by atoms with Crippen LogP contribution in [0.3, 0.4) is 0 Å². The van der Waals surface area contributed by atoms with Gasteiger partial charge in [0.1, 0.15) is 5.56 Å². The zero-order valence-corrected chi connectivity index (χ0v) is 15.1. The van der Waals surface area contributed by atoms with Gasteiger partial charge in [0.2, 0.25) is 0 Å². The Bertz CT molecular complexity index is 996. The number of fused-ring (bicyclic) bond motifs is 1. The van der Waals surface area contributed by atoms with Crippen molar-refractivity contribution in [2.45, 2.75) is 13.5 Å². The number of aromatic nitrogens is 1. The molecular weight excluding hydrogens is 386 g/mol. The summed E-state index contributed by atoms with van der Waals surface area (Å²) in [6.07, 6.45) is 0. The number of nitrogens with zero attached hydrogens (tertiary/aromatic N) is 1. The number of esters is 1. The molecule has 128 valence electrons. The summed E-state index contributed by atoms with van der Waals surface area (Å²) in [4.78, 5) is 25.0. The van der Waals surface area contributed by atoms with Gasteiger partial charge in [-0.05, 0) is 30.7 Å². The maximum atomic E-state index is 12.7. The van der Waals surface area contributed by atoms with Crippen molar-refractivity contribution in [1.29, 1.82) is 0 Å². The molecule has 0 unspecified atom stereocenters. The highest BCUT2D eigenvalue weighted by Crippen LogP contribution is 2.28. The smallest absolute Gasteiger partial charge is 0.342 e. The average molecular weight is 402 g/mol. The number of rotatable bonds is 4. The van der Waals surface area contributed by atoms with Gasteiger partial charge in [-0.1, -0.05) is 46.3 Å². The quantitative estimate of drug-likeness (QED) is 0.676. The molecule has 2 aromatic carbocycles. The second-order valence-electron chi connectivity index (χ2n) is 5.48. The highest BCUT2D eigenvalue weighted by atomic mass is 79.9. The second-order valence-corrected chi connectivity index (χ2v) is 6.40. The summed E-state index contributed by atoms with van der Waals surface area (Å²) in [5.74, 6) is -1.31. The summed E-state index contributed by atoms with van der Waals surface area (Å²) in [5.41, 5.74) is 0.740. The van der Waals surface area contributed by atoms with Gasteiger partial charge >= 0.3 is 5.97 Å². The molecule has 0 amide bonds. The molecule has 3 aromatic rings. The van der Waals surface area contributed by atoms with E-state index < -0.39 is 17.3 Å². The van der Waals surface area contributed by atoms with Gasteiger partial charge in [0.15, 0.2) is 5.75 Å². The Kier molecular flexibility index (Phi) is 4.90. The summed E-state index contributed by atoms with van der Waals surface area (Å²) in [6, 6.07) is 14.7. The molecule has 5 nitrogen and oxygen atoms in total. The SMILES string of the molecule is CCOC(=O)c1c(O)c(=O)n(Cc2ccccc2)c2ccc(Br)cc12. The minimum absolute atomic E-state index is 0.104. The van der Waals surface area contributed by atoms with Gasteiger partial charge in [-0.3, -0.25) is 4.79 Å². The fourth-order valence-corrected chi connectivity index (χ4v) is 3.11. The number of pyridine rings is 1. The van der Waals surface area contributed by atoms with Crippen molar-refractivity contribution >= 4 is 32.8 Å². The third kappa shape index (κ3) is 3.30. The standard InChI is InChI=1S/C19H16BrNO4/c1-2-25-19(24)16-14-10-13(20)8-9-15(14)21(18(23)17(16)22)11-12-6-4-3-5-7-12/h3-10,22H,2,11H2,1H3. The van der Waals surface area contributed by atoms with Crippen molar-refractivity contribution in [3.63, 3.8) is 0 Å². The van der Waals surface area contributed by atoms with Crippen LogP contribution >= 0.6 is 15.9 Å². The Hall–Kier alpha value is -2.60. The highest BCUT2D eigenvalue weighted by Gasteiger charge is 2.23. The molecule has 0 fully saturated rings. The molecule has 0 aliphatic carbocycles. The monoisotopic (exact) mass is 401 g/mol. The van der Waals surface area contributed by atoms with E-state index in [9.17, 15) is 14.7 Å². The number of carbonyl (C=O) groups excluding carboxylic acids is 1. The fraction of sp³-hybridized carbons (Fsp3) is 0.158. The Morgan fingerprint density at radius 3 is 2.60 bits per heavy atom. The normalized spacial score (nSPS) is 10.8. The molecule has 3 rings (SSSR count). The third-order valence-electron chi connectivity index (χ3n) is 3.87. The predicted molar refractivity (Wildman–Crippen MR) is 99.1 cm³/mol. The first kappa shape index (κ1) is 17.2. The summed E-state index contributed by atoms with van der Waals surface area (Å²) >= 11 is 3.37. The molecule has 0 aliphatic rings. The lowest BCUT2D eigenvalue weighted by Gasteiger charge is -2.15. The molecule has 6 heteroatoms. The Morgan fingerprint density at radius 2 is 1.92 bits per heavy atom. The molecule has 1 N–H and O–H groups in total. The van der Waals surface area contributed by atoms with Gasteiger partial charge in [-0.15, -0.1) is 0 Å². The zero-order chi connectivity index (χ0) is 18.0. The van der Waals surface area contributed by atoms with Gasteiger partial charge in [0.05, 0.1) is 18.7 Å². The van der Waals surface area contributed by atoms with Crippen LogP contribution in [0.5, 0.6) is 5.75 Å². The number of benzene rings is 2. The summed E-state index contributed by atoms with van der Waals surface area (Å²) in [7, 11) is 0. The second kappa shape index (κ2) is 7.11. The molecule has 0 spiro atoms. The lowest BCUT2D eigenvalue weighted by Crippen LogP contribution is -2.24. The summed E-state index contributed by atoms with van der Waals surface area (Å²) in [5, 5.41) is 10.9. The van der Waals surface area contributed by atoms with E-state index in [2.05, 4.69) is 15.9 Å². The van der Waals surface area contributed by atoms with E-state index in [1.165, 1.54) is 4.57 Å². The van der Waals surface area contributed by atoms with Crippen LogP contribution in [0.1, 0.15) is 22.8 Å². The van der Waals surface area contributed by atoms with Crippen molar-refractivity contribution in [1.82, 2.24) is 4.57 Å². The van der Waals surface area contributed by atoms with E-state index in [0.29, 0.717) is 10.9 Å². The number of hydrogen-bond acceptors (Lipinski definition) is 4. The number of ether oxygens (including phenoxy) is 1. The molecule has 1 heterocycles. The van der Waals surface area contributed by atoms with Crippen LogP contribution < -0.4 is 5.56 Å². The molecule has 0 aliphatic heterocycles. The van der Waals surface area contributed by atoms with Gasteiger partial charge in [0, 0.05) is 9.86 Å². The van der Waals surface area contributed by atoms with Crippen LogP contribution in [-0.2, 0) is 11.3 Å². The molecule has 0 saturated heterocycles. The van der Waals surface area contributed by atoms with Crippen LogP contribution in [0.15, 0.2) is 57.8 Å². The lowest BCUT2D eigenvalue weighted by atomic mass is 10.1. The molecule has 1 aromatic heterocycles. The van der Waals surface area contributed by atoms with Crippen molar-refractivity contribution in [2.75, 3.05) is 6.61 Å². The molecule has 25 heavy (non-hydrogen) atoms. The van der Waals surface area contributed by atoms with Crippen LogP contribution in [-0.4, -0.2) is 22.2 Å². The van der Waals surface area contributed by atoms with E-state index >= 15 is 0 Å². The van der Waals surface area contributed by atoms with Crippen LogP contribution in [0.25, 0.3) is 10.9 Å². The van der Waals surface area contributed by atoms with Gasteiger partial charge in [-0.2, -0.15) is 0 Å².